The first-order valence-electron chi connectivity index (χ1n) is 11.1. The molecule has 2 aliphatic rings. The Balaban J connectivity index is 1.23. The molecule has 0 spiro atoms. The van der Waals surface area contributed by atoms with E-state index in [1.165, 1.54) is 7.11 Å². The molecule has 2 aromatic carbocycles. The van der Waals surface area contributed by atoms with Crippen LogP contribution in [0.25, 0.3) is 0 Å². The van der Waals surface area contributed by atoms with E-state index in [9.17, 15) is 9.59 Å². The van der Waals surface area contributed by atoms with Crippen molar-refractivity contribution in [3.63, 3.8) is 0 Å². The SMILES string of the molecule is COc1cc(Cl)ccc1C(=O)N1CCN(C(=O)c2nnn3c2COC(c2ccccc2)C3)CC1. The van der Waals surface area contributed by atoms with Gasteiger partial charge < -0.3 is 19.3 Å². The molecule has 1 atom stereocenters. The maximum absolute atomic E-state index is 13.2. The summed E-state index contributed by atoms with van der Waals surface area (Å²) >= 11 is 6.01. The van der Waals surface area contributed by atoms with E-state index in [-0.39, 0.29) is 24.5 Å². The van der Waals surface area contributed by atoms with E-state index >= 15 is 0 Å². The summed E-state index contributed by atoms with van der Waals surface area (Å²) < 4.78 is 13.1. The average Bonchev–Trinajstić information content (AvgIpc) is 3.31. The van der Waals surface area contributed by atoms with Crippen LogP contribution in [0.4, 0.5) is 0 Å². The summed E-state index contributed by atoms with van der Waals surface area (Å²) in [5.74, 6) is 0.0849. The number of nitrogens with zero attached hydrogens (tertiary/aromatic N) is 5. The fraction of sp³-hybridized carbons (Fsp3) is 0.333. The molecule has 3 aromatic rings. The van der Waals surface area contributed by atoms with Crippen LogP contribution in [0.15, 0.2) is 48.5 Å². The van der Waals surface area contributed by atoms with Crippen LogP contribution in [0.1, 0.15) is 38.2 Å². The van der Waals surface area contributed by atoms with E-state index < -0.39 is 0 Å². The van der Waals surface area contributed by atoms with E-state index in [1.54, 1.807) is 32.7 Å². The largest absolute Gasteiger partial charge is 0.496 e. The molecule has 0 aliphatic carbocycles. The highest BCUT2D eigenvalue weighted by Gasteiger charge is 2.32. The van der Waals surface area contributed by atoms with Gasteiger partial charge in [-0.05, 0) is 23.8 Å². The number of aromatic nitrogens is 3. The van der Waals surface area contributed by atoms with E-state index in [2.05, 4.69) is 10.3 Å². The minimum atomic E-state index is -0.195. The fourth-order valence-electron chi connectivity index (χ4n) is 4.32. The van der Waals surface area contributed by atoms with Gasteiger partial charge in [0, 0.05) is 31.2 Å². The number of amides is 2. The molecule has 176 valence electrons. The van der Waals surface area contributed by atoms with Gasteiger partial charge in [0.05, 0.1) is 31.5 Å². The van der Waals surface area contributed by atoms with Crippen LogP contribution in [-0.4, -0.2) is 69.9 Å². The van der Waals surface area contributed by atoms with Gasteiger partial charge in [0.1, 0.15) is 11.9 Å². The quantitative estimate of drug-likeness (QED) is 0.569. The zero-order valence-electron chi connectivity index (χ0n) is 18.7. The standard InChI is InChI=1S/C24H24ClN5O4/c1-33-20-13-17(25)7-8-18(20)23(31)28-9-11-29(12-10-28)24(32)22-19-15-34-21(14-30(19)27-26-22)16-5-3-2-4-6-16/h2-8,13,21H,9-12,14-15H2,1H3. The molecular formula is C24H24ClN5O4. The summed E-state index contributed by atoms with van der Waals surface area (Å²) in [5.41, 5.74) is 2.51. The molecular weight excluding hydrogens is 458 g/mol. The molecule has 3 heterocycles. The summed E-state index contributed by atoms with van der Waals surface area (Å²) in [7, 11) is 1.50. The van der Waals surface area contributed by atoms with Crippen LogP contribution in [0, 0.1) is 0 Å². The van der Waals surface area contributed by atoms with E-state index in [0.29, 0.717) is 60.4 Å². The molecule has 0 radical (unpaired) electrons. The lowest BCUT2D eigenvalue weighted by Crippen LogP contribution is -2.50. The summed E-state index contributed by atoms with van der Waals surface area (Å²) in [5, 5.41) is 8.87. The number of halogens is 1. The van der Waals surface area contributed by atoms with Gasteiger partial charge in [-0.25, -0.2) is 4.68 Å². The molecule has 1 saturated heterocycles. The van der Waals surface area contributed by atoms with Crippen molar-refractivity contribution in [3.8, 4) is 5.75 Å². The van der Waals surface area contributed by atoms with Crippen LogP contribution >= 0.6 is 11.6 Å². The molecule has 0 saturated carbocycles. The molecule has 0 N–H and O–H groups in total. The van der Waals surface area contributed by atoms with E-state index in [0.717, 1.165) is 5.56 Å². The monoisotopic (exact) mass is 481 g/mol. The number of carbonyl (C=O) groups is 2. The summed E-state index contributed by atoms with van der Waals surface area (Å²) in [6, 6.07) is 14.9. The summed E-state index contributed by atoms with van der Waals surface area (Å²) in [6.07, 6.45) is -0.127. The highest BCUT2D eigenvalue weighted by atomic mass is 35.5. The Labute approximate surface area is 201 Å². The van der Waals surface area contributed by atoms with Crippen LogP contribution in [0.2, 0.25) is 5.02 Å². The fourth-order valence-corrected chi connectivity index (χ4v) is 4.48. The van der Waals surface area contributed by atoms with Crippen molar-refractivity contribution in [2.24, 2.45) is 0 Å². The molecule has 9 nitrogen and oxygen atoms in total. The van der Waals surface area contributed by atoms with Crippen molar-refractivity contribution < 1.29 is 19.1 Å². The first-order chi connectivity index (χ1) is 16.5. The van der Waals surface area contributed by atoms with Crippen molar-refractivity contribution in [2.75, 3.05) is 33.3 Å². The topological polar surface area (TPSA) is 89.8 Å². The Kier molecular flexibility index (Phi) is 6.21. The molecule has 1 fully saturated rings. The van der Waals surface area contributed by atoms with Crippen LogP contribution < -0.4 is 4.74 Å². The molecule has 0 bridgehead atoms. The number of fused-ring (bicyclic) bond motifs is 1. The van der Waals surface area contributed by atoms with Gasteiger partial charge in [-0.1, -0.05) is 47.1 Å². The van der Waals surface area contributed by atoms with Gasteiger partial charge in [0.2, 0.25) is 0 Å². The van der Waals surface area contributed by atoms with E-state index in [1.807, 2.05) is 30.3 Å². The predicted molar refractivity (Wildman–Crippen MR) is 124 cm³/mol. The molecule has 2 aliphatic heterocycles. The second-order valence-electron chi connectivity index (χ2n) is 8.21. The number of ether oxygens (including phenoxy) is 2. The number of benzene rings is 2. The highest BCUT2D eigenvalue weighted by Crippen LogP contribution is 2.28. The average molecular weight is 482 g/mol. The van der Waals surface area contributed by atoms with Crippen molar-refractivity contribution in [3.05, 3.63) is 76.1 Å². The van der Waals surface area contributed by atoms with Crippen LogP contribution in [-0.2, 0) is 17.9 Å². The Morgan fingerprint density at radius 3 is 2.44 bits per heavy atom. The second kappa shape index (κ2) is 9.44. The predicted octanol–water partition coefficient (Wildman–Crippen LogP) is 2.81. The summed E-state index contributed by atoms with van der Waals surface area (Å²) in [4.78, 5) is 29.6. The number of rotatable bonds is 4. The Morgan fingerprint density at radius 2 is 1.74 bits per heavy atom. The lowest BCUT2D eigenvalue weighted by Gasteiger charge is -2.35. The van der Waals surface area contributed by atoms with E-state index in [4.69, 9.17) is 21.1 Å². The van der Waals surface area contributed by atoms with Gasteiger partial charge in [0.15, 0.2) is 5.69 Å². The van der Waals surface area contributed by atoms with Crippen molar-refractivity contribution in [2.45, 2.75) is 19.3 Å². The minimum absolute atomic E-state index is 0.127. The third-order valence-electron chi connectivity index (χ3n) is 6.22. The maximum Gasteiger partial charge on any atom is 0.276 e. The van der Waals surface area contributed by atoms with Crippen LogP contribution in [0.3, 0.4) is 0 Å². The first kappa shape index (κ1) is 22.4. The Hall–Kier alpha value is -3.43. The minimum Gasteiger partial charge on any atom is -0.496 e. The molecule has 1 unspecified atom stereocenters. The number of carbonyl (C=O) groups excluding carboxylic acids is 2. The lowest BCUT2D eigenvalue weighted by atomic mass is 10.1. The number of methoxy groups -OCH3 is 1. The zero-order valence-corrected chi connectivity index (χ0v) is 19.4. The Morgan fingerprint density at radius 1 is 1.03 bits per heavy atom. The number of hydrogen-bond acceptors (Lipinski definition) is 6. The van der Waals surface area contributed by atoms with Crippen LogP contribution in [0.5, 0.6) is 5.75 Å². The zero-order chi connectivity index (χ0) is 23.7. The third-order valence-corrected chi connectivity index (χ3v) is 6.45. The second-order valence-corrected chi connectivity index (χ2v) is 8.64. The first-order valence-corrected chi connectivity index (χ1v) is 11.4. The van der Waals surface area contributed by atoms with Gasteiger partial charge in [-0.2, -0.15) is 0 Å². The molecule has 5 rings (SSSR count). The smallest absolute Gasteiger partial charge is 0.276 e. The number of piperazine rings is 1. The maximum atomic E-state index is 13.2. The van der Waals surface area contributed by atoms with Gasteiger partial charge in [-0.3, -0.25) is 9.59 Å². The lowest BCUT2D eigenvalue weighted by molar-refractivity contribution is -0.00202. The molecule has 10 heteroatoms. The van der Waals surface area contributed by atoms with Crippen molar-refractivity contribution >= 4 is 23.4 Å². The Bertz CT molecular complexity index is 1210. The normalized spacial score (nSPS) is 17.9. The molecule has 2 amide bonds. The highest BCUT2D eigenvalue weighted by molar-refractivity contribution is 6.30. The van der Waals surface area contributed by atoms with Crippen molar-refractivity contribution in [1.82, 2.24) is 24.8 Å². The van der Waals surface area contributed by atoms with Gasteiger partial charge in [0.25, 0.3) is 11.8 Å². The van der Waals surface area contributed by atoms with Crippen molar-refractivity contribution in [1.29, 1.82) is 0 Å². The molecule has 1 aromatic heterocycles. The number of hydrogen-bond donors (Lipinski definition) is 0. The molecule has 34 heavy (non-hydrogen) atoms. The third kappa shape index (κ3) is 4.24. The summed E-state index contributed by atoms with van der Waals surface area (Å²) in [6.45, 7) is 2.40. The van der Waals surface area contributed by atoms with Gasteiger partial charge in [-0.15, -0.1) is 5.10 Å². The van der Waals surface area contributed by atoms with Gasteiger partial charge >= 0.3 is 0 Å².